The maximum Gasteiger partial charge on any atom is 0.143 e. The Kier molecular flexibility index (Phi) is 3.45. The molecule has 6 heteroatoms. The summed E-state index contributed by atoms with van der Waals surface area (Å²) in [5.41, 5.74) is 2.11. The van der Waals surface area contributed by atoms with Crippen LogP contribution in [-0.2, 0) is 0 Å². The Morgan fingerprint density at radius 2 is 2.39 bits per heavy atom. The molecule has 0 aliphatic carbocycles. The molecule has 18 heavy (non-hydrogen) atoms. The summed E-state index contributed by atoms with van der Waals surface area (Å²) in [6.45, 7) is 0. The minimum Gasteiger partial charge on any atom is -0.381 e. The van der Waals surface area contributed by atoms with Crippen LogP contribution in [0.5, 0.6) is 0 Å². The largest absolute Gasteiger partial charge is 0.381 e. The van der Waals surface area contributed by atoms with Gasteiger partial charge in [-0.15, -0.1) is 5.10 Å². The van der Waals surface area contributed by atoms with Gasteiger partial charge >= 0.3 is 0 Å². The van der Waals surface area contributed by atoms with Crippen molar-refractivity contribution in [2.75, 3.05) is 16.8 Å². The summed E-state index contributed by atoms with van der Waals surface area (Å²) < 4.78 is 1.67. The molecule has 1 aliphatic heterocycles. The summed E-state index contributed by atoms with van der Waals surface area (Å²) in [6.07, 6.45) is 4.16. The van der Waals surface area contributed by atoms with Crippen LogP contribution in [0.2, 0.25) is 0 Å². The van der Waals surface area contributed by atoms with Crippen LogP contribution >= 0.6 is 11.8 Å². The Hall–Kier alpha value is -1.56. The summed E-state index contributed by atoms with van der Waals surface area (Å²) >= 11 is 2.02. The molecule has 2 heterocycles. The number of aromatic nitrogens is 4. The van der Waals surface area contributed by atoms with Crippen LogP contribution in [-0.4, -0.2) is 37.8 Å². The van der Waals surface area contributed by atoms with E-state index in [2.05, 4.69) is 33.0 Å². The molecular formula is C12H15N5S. The molecule has 0 spiro atoms. The minimum atomic E-state index is 0.577. The fourth-order valence-corrected chi connectivity index (χ4v) is 3.18. The van der Waals surface area contributed by atoms with Crippen molar-refractivity contribution in [3.05, 3.63) is 30.6 Å². The van der Waals surface area contributed by atoms with Gasteiger partial charge in [-0.25, -0.2) is 4.68 Å². The first-order chi connectivity index (χ1) is 8.92. The van der Waals surface area contributed by atoms with Crippen molar-refractivity contribution < 1.29 is 0 Å². The van der Waals surface area contributed by atoms with Gasteiger partial charge in [0, 0.05) is 17.5 Å². The first-order valence-corrected chi connectivity index (χ1v) is 7.25. The van der Waals surface area contributed by atoms with E-state index in [0.717, 1.165) is 11.4 Å². The first kappa shape index (κ1) is 11.5. The third kappa shape index (κ3) is 2.64. The van der Waals surface area contributed by atoms with Gasteiger partial charge in [-0.2, -0.15) is 11.8 Å². The van der Waals surface area contributed by atoms with Gasteiger partial charge in [0.2, 0.25) is 0 Å². The Morgan fingerprint density at radius 3 is 3.17 bits per heavy atom. The van der Waals surface area contributed by atoms with Crippen molar-refractivity contribution in [1.82, 2.24) is 20.2 Å². The Bertz CT molecular complexity index is 493. The van der Waals surface area contributed by atoms with Crippen LogP contribution in [0.4, 0.5) is 5.69 Å². The predicted molar refractivity (Wildman–Crippen MR) is 73.1 cm³/mol. The van der Waals surface area contributed by atoms with Crippen molar-refractivity contribution in [3.8, 4) is 5.69 Å². The third-order valence-corrected chi connectivity index (χ3v) is 4.21. The van der Waals surface area contributed by atoms with Crippen molar-refractivity contribution >= 4 is 17.4 Å². The highest BCUT2D eigenvalue weighted by Gasteiger charge is 2.13. The molecule has 1 aromatic heterocycles. The lowest BCUT2D eigenvalue weighted by molar-refractivity contribution is 0.685. The lowest BCUT2D eigenvalue weighted by Gasteiger charge is -2.23. The number of rotatable bonds is 3. The summed E-state index contributed by atoms with van der Waals surface area (Å²) in [4.78, 5) is 0. The predicted octanol–water partition coefficient (Wildman–Crippen LogP) is 1.97. The molecular weight excluding hydrogens is 246 g/mol. The number of benzene rings is 1. The molecule has 1 unspecified atom stereocenters. The number of tetrazole rings is 1. The first-order valence-electron chi connectivity index (χ1n) is 6.09. The molecule has 94 valence electrons. The highest BCUT2D eigenvalue weighted by atomic mass is 32.2. The molecule has 3 rings (SSSR count). The van der Waals surface area contributed by atoms with Crippen LogP contribution in [0, 0.1) is 0 Å². The number of thioether (sulfide) groups is 1. The van der Waals surface area contributed by atoms with E-state index in [1.54, 1.807) is 11.0 Å². The second-order valence-corrected chi connectivity index (χ2v) is 5.51. The number of nitrogens with one attached hydrogen (secondary N) is 1. The van der Waals surface area contributed by atoms with Crippen LogP contribution in [0.1, 0.15) is 12.8 Å². The van der Waals surface area contributed by atoms with Gasteiger partial charge in [0.25, 0.3) is 0 Å². The van der Waals surface area contributed by atoms with E-state index in [0.29, 0.717) is 6.04 Å². The van der Waals surface area contributed by atoms with Crippen LogP contribution in [0.3, 0.4) is 0 Å². The van der Waals surface area contributed by atoms with E-state index in [1.807, 2.05) is 23.9 Å². The lowest BCUT2D eigenvalue weighted by Crippen LogP contribution is -2.25. The van der Waals surface area contributed by atoms with E-state index in [1.165, 1.54) is 24.3 Å². The van der Waals surface area contributed by atoms with Gasteiger partial charge in [0.15, 0.2) is 0 Å². The maximum atomic E-state index is 3.90. The summed E-state index contributed by atoms with van der Waals surface area (Å²) in [5, 5.41) is 14.8. The van der Waals surface area contributed by atoms with Crippen molar-refractivity contribution in [1.29, 1.82) is 0 Å². The highest BCUT2D eigenvalue weighted by Crippen LogP contribution is 2.21. The maximum absolute atomic E-state index is 3.90. The minimum absolute atomic E-state index is 0.577. The molecule has 1 aliphatic rings. The molecule has 1 fully saturated rings. The molecule has 2 aromatic rings. The summed E-state index contributed by atoms with van der Waals surface area (Å²) in [6, 6.07) is 8.77. The fourth-order valence-electron chi connectivity index (χ4n) is 2.11. The second-order valence-electron chi connectivity index (χ2n) is 4.36. The van der Waals surface area contributed by atoms with Gasteiger partial charge < -0.3 is 5.32 Å². The smallest absolute Gasteiger partial charge is 0.143 e. The van der Waals surface area contributed by atoms with Crippen LogP contribution in [0.15, 0.2) is 30.6 Å². The number of hydrogen-bond donors (Lipinski definition) is 1. The highest BCUT2D eigenvalue weighted by molar-refractivity contribution is 7.99. The molecule has 1 saturated heterocycles. The zero-order chi connectivity index (χ0) is 12.2. The summed E-state index contributed by atoms with van der Waals surface area (Å²) in [7, 11) is 0. The van der Waals surface area contributed by atoms with Crippen molar-refractivity contribution in [2.45, 2.75) is 18.9 Å². The Balaban J connectivity index is 1.74. The van der Waals surface area contributed by atoms with E-state index in [4.69, 9.17) is 0 Å². The number of nitrogens with zero attached hydrogens (tertiary/aromatic N) is 4. The molecule has 0 saturated carbocycles. The van der Waals surface area contributed by atoms with Crippen molar-refractivity contribution in [2.24, 2.45) is 0 Å². The van der Waals surface area contributed by atoms with E-state index < -0.39 is 0 Å². The molecule has 0 bridgehead atoms. The normalized spacial score (nSPS) is 19.7. The monoisotopic (exact) mass is 261 g/mol. The SMILES string of the molecule is c1cc(NC2CCCSC2)cc(-n2cnnn2)c1. The quantitative estimate of drug-likeness (QED) is 0.915. The standard InChI is InChI=1S/C12H15N5S/c1-3-10(14-11-4-2-6-18-8-11)7-12(5-1)17-9-13-15-16-17/h1,3,5,7,9,11,14H,2,4,6,8H2. The third-order valence-electron chi connectivity index (χ3n) is 2.99. The second kappa shape index (κ2) is 5.39. The number of hydrogen-bond acceptors (Lipinski definition) is 5. The van der Waals surface area contributed by atoms with Gasteiger partial charge in [-0.1, -0.05) is 6.07 Å². The van der Waals surface area contributed by atoms with E-state index in [9.17, 15) is 0 Å². The van der Waals surface area contributed by atoms with Crippen molar-refractivity contribution in [3.63, 3.8) is 0 Å². The zero-order valence-electron chi connectivity index (χ0n) is 9.99. The van der Waals surface area contributed by atoms with Gasteiger partial charge in [-0.3, -0.25) is 0 Å². The van der Waals surface area contributed by atoms with Gasteiger partial charge in [0.05, 0.1) is 5.69 Å². The zero-order valence-corrected chi connectivity index (χ0v) is 10.8. The van der Waals surface area contributed by atoms with Crippen LogP contribution in [0.25, 0.3) is 5.69 Å². The molecule has 1 atom stereocenters. The van der Waals surface area contributed by atoms with E-state index >= 15 is 0 Å². The van der Waals surface area contributed by atoms with Gasteiger partial charge in [-0.05, 0) is 47.2 Å². The Morgan fingerprint density at radius 1 is 1.39 bits per heavy atom. The lowest BCUT2D eigenvalue weighted by atomic mass is 10.1. The molecule has 5 nitrogen and oxygen atoms in total. The van der Waals surface area contributed by atoms with Gasteiger partial charge in [0.1, 0.15) is 6.33 Å². The molecule has 0 radical (unpaired) electrons. The van der Waals surface area contributed by atoms with Crippen LogP contribution < -0.4 is 5.32 Å². The molecule has 1 aromatic carbocycles. The Labute approximate surface area is 110 Å². The average molecular weight is 261 g/mol. The fraction of sp³-hybridized carbons (Fsp3) is 0.417. The summed E-state index contributed by atoms with van der Waals surface area (Å²) in [5.74, 6) is 2.48. The topological polar surface area (TPSA) is 55.6 Å². The average Bonchev–Trinajstić information content (AvgIpc) is 2.94. The number of anilines is 1. The molecule has 1 N–H and O–H groups in total. The molecule has 0 amide bonds. The van der Waals surface area contributed by atoms with E-state index in [-0.39, 0.29) is 0 Å².